The molecule has 9 heteroatoms. The molecule has 32 heavy (non-hydrogen) atoms. The van der Waals surface area contributed by atoms with E-state index in [0.717, 1.165) is 63.2 Å². The first-order valence-corrected chi connectivity index (χ1v) is 12.9. The molecule has 0 bridgehead atoms. The van der Waals surface area contributed by atoms with Gasteiger partial charge in [0, 0.05) is 28.2 Å². The van der Waals surface area contributed by atoms with E-state index in [4.69, 9.17) is 16.6 Å². The Labute approximate surface area is 199 Å². The molecular weight excluding hydrogens is 464 g/mol. The molecule has 1 N–H and O–H groups in total. The van der Waals surface area contributed by atoms with Gasteiger partial charge in [0.15, 0.2) is 5.16 Å². The van der Waals surface area contributed by atoms with Crippen molar-refractivity contribution in [3.63, 3.8) is 0 Å². The van der Waals surface area contributed by atoms with Crippen LogP contribution in [0.3, 0.4) is 0 Å². The average Bonchev–Trinajstić information content (AvgIpc) is 3.36. The average molecular weight is 487 g/mol. The predicted octanol–water partition coefficient (Wildman–Crippen LogP) is 4.56. The number of hydrogen-bond acceptors (Lipinski definition) is 6. The van der Waals surface area contributed by atoms with Crippen LogP contribution in [-0.4, -0.2) is 26.2 Å². The number of thiazole rings is 1. The highest BCUT2D eigenvalue weighted by molar-refractivity contribution is 7.99. The van der Waals surface area contributed by atoms with Crippen LogP contribution in [0.1, 0.15) is 47.1 Å². The van der Waals surface area contributed by atoms with Gasteiger partial charge in [0.2, 0.25) is 5.91 Å². The van der Waals surface area contributed by atoms with Crippen LogP contribution in [0.5, 0.6) is 0 Å². The van der Waals surface area contributed by atoms with Crippen molar-refractivity contribution in [2.75, 3.05) is 5.75 Å². The van der Waals surface area contributed by atoms with E-state index in [0.29, 0.717) is 17.3 Å². The summed E-state index contributed by atoms with van der Waals surface area (Å²) in [6.07, 6.45) is 4.08. The molecule has 0 radical (unpaired) electrons. The number of rotatable bonds is 5. The van der Waals surface area contributed by atoms with Crippen molar-refractivity contribution in [3.05, 3.63) is 61.5 Å². The molecule has 0 fully saturated rings. The second-order valence-electron chi connectivity index (χ2n) is 8.16. The molecule has 6 nitrogen and oxygen atoms in total. The lowest BCUT2D eigenvalue weighted by Gasteiger charge is -2.18. The number of benzene rings is 1. The zero-order valence-corrected chi connectivity index (χ0v) is 20.1. The van der Waals surface area contributed by atoms with Gasteiger partial charge in [-0.05, 0) is 38.7 Å². The van der Waals surface area contributed by atoms with Crippen molar-refractivity contribution in [1.29, 1.82) is 0 Å². The number of thioether (sulfide) groups is 1. The van der Waals surface area contributed by atoms with Gasteiger partial charge in [0.1, 0.15) is 5.01 Å². The predicted molar refractivity (Wildman–Crippen MR) is 129 cm³/mol. The molecule has 3 aromatic rings. The summed E-state index contributed by atoms with van der Waals surface area (Å²) >= 11 is 9.42. The van der Waals surface area contributed by atoms with Gasteiger partial charge in [-0.3, -0.25) is 14.2 Å². The first kappa shape index (κ1) is 21.7. The third-order valence-corrected chi connectivity index (χ3v) is 8.60. The van der Waals surface area contributed by atoms with Crippen molar-refractivity contribution in [3.8, 4) is 10.6 Å². The molecule has 0 saturated carbocycles. The second kappa shape index (κ2) is 9.00. The number of amides is 1. The molecule has 1 atom stereocenters. The Hall–Kier alpha value is -2.16. The lowest BCUT2D eigenvalue weighted by atomic mass is 9.97. The van der Waals surface area contributed by atoms with Gasteiger partial charge in [-0.1, -0.05) is 41.6 Å². The van der Waals surface area contributed by atoms with Crippen LogP contribution >= 0.6 is 34.7 Å². The molecule has 2 aromatic heterocycles. The number of carbonyl (C=O) groups is 1. The van der Waals surface area contributed by atoms with Gasteiger partial charge in [-0.2, -0.15) is 0 Å². The number of aryl methyl sites for hydroxylation is 2. The minimum absolute atomic E-state index is 0.0511. The molecule has 5 rings (SSSR count). The zero-order valence-electron chi connectivity index (χ0n) is 17.7. The standard InChI is InChI=1S/C23H23ClN4O2S2/c1-13-19(32-21(26-13)15-6-2-4-8-17(15)24)11-25-20(29)10-14-12-31-23-27-18-9-5-3-7-16(18)22(30)28(14)23/h2,4,6,8,14H,3,5,7,9-12H2,1H3,(H,25,29). The van der Waals surface area contributed by atoms with Crippen LogP contribution in [-0.2, 0) is 24.2 Å². The maximum Gasteiger partial charge on any atom is 0.257 e. The summed E-state index contributed by atoms with van der Waals surface area (Å²) in [7, 11) is 0. The first-order chi connectivity index (χ1) is 15.5. The summed E-state index contributed by atoms with van der Waals surface area (Å²) in [6, 6.07) is 7.47. The van der Waals surface area contributed by atoms with Crippen molar-refractivity contribution in [2.24, 2.45) is 0 Å². The largest absolute Gasteiger partial charge is 0.351 e. The van der Waals surface area contributed by atoms with Gasteiger partial charge in [0.05, 0.1) is 29.0 Å². The molecule has 0 saturated heterocycles. The number of halogens is 1. The van der Waals surface area contributed by atoms with Crippen LogP contribution < -0.4 is 10.9 Å². The molecular formula is C23H23ClN4O2S2. The fraction of sp³-hybridized carbons (Fsp3) is 0.391. The second-order valence-corrected chi connectivity index (χ2v) is 10.6. The molecule has 1 unspecified atom stereocenters. The third kappa shape index (κ3) is 4.11. The Kier molecular flexibility index (Phi) is 6.09. The number of nitrogens with zero attached hydrogens (tertiary/aromatic N) is 3. The van der Waals surface area contributed by atoms with E-state index in [1.807, 2.05) is 31.2 Å². The van der Waals surface area contributed by atoms with E-state index in [2.05, 4.69) is 10.3 Å². The maximum absolute atomic E-state index is 13.0. The minimum Gasteiger partial charge on any atom is -0.351 e. The molecule has 2 aliphatic rings. The Bertz CT molecular complexity index is 1250. The Balaban J connectivity index is 1.27. The smallest absolute Gasteiger partial charge is 0.257 e. The summed E-state index contributed by atoms with van der Waals surface area (Å²) in [6.45, 7) is 2.35. The molecule has 166 valence electrons. The quantitative estimate of drug-likeness (QED) is 0.535. The van der Waals surface area contributed by atoms with Crippen molar-refractivity contribution < 1.29 is 4.79 Å². The third-order valence-electron chi connectivity index (χ3n) is 5.99. The van der Waals surface area contributed by atoms with E-state index in [1.165, 1.54) is 11.3 Å². The molecule has 3 heterocycles. The SMILES string of the molecule is Cc1nc(-c2ccccc2Cl)sc1CNC(=O)CC1CSc2nc3c(c(=O)n21)CCCC3. The molecule has 0 spiro atoms. The normalized spacial score (nSPS) is 17.1. The molecule has 1 amide bonds. The minimum atomic E-state index is -0.150. The lowest BCUT2D eigenvalue weighted by molar-refractivity contribution is -0.121. The monoisotopic (exact) mass is 486 g/mol. The fourth-order valence-electron chi connectivity index (χ4n) is 4.27. The lowest BCUT2D eigenvalue weighted by Crippen LogP contribution is -2.33. The maximum atomic E-state index is 13.0. The van der Waals surface area contributed by atoms with E-state index in [9.17, 15) is 9.59 Å². The van der Waals surface area contributed by atoms with E-state index >= 15 is 0 Å². The van der Waals surface area contributed by atoms with Gasteiger partial charge < -0.3 is 5.32 Å². The Morgan fingerprint density at radius 2 is 2.06 bits per heavy atom. The van der Waals surface area contributed by atoms with Crippen LogP contribution in [0.25, 0.3) is 10.6 Å². The summed E-state index contributed by atoms with van der Waals surface area (Å²) in [5, 5.41) is 5.28. The van der Waals surface area contributed by atoms with Crippen LogP contribution in [0.15, 0.2) is 34.2 Å². The van der Waals surface area contributed by atoms with Gasteiger partial charge in [-0.25, -0.2) is 9.97 Å². The highest BCUT2D eigenvalue weighted by Crippen LogP contribution is 2.34. The molecule has 1 aliphatic heterocycles. The number of fused-ring (bicyclic) bond motifs is 2. The van der Waals surface area contributed by atoms with Crippen LogP contribution in [0.4, 0.5) is 0 Å². The van der Waals surface area contributed by atoms with Gasteiger partial charge in [0.25, 0.3) is 5.56 Å². The highest BCUT2D eigenvalue weighted by atomic mass is 35.5. The van der Waals surface area contributed by atoms with Crippen LogP contribution in [0.2, 0.25) is 5.02 Å². The first-order valence-electron chi connectivity index (χ1n) is 10.8. The number of hydrogen-bond donors (Lipinski definition) is 1. The van der Waals surface area contributed by atoms with Crippen LogP contribution in [0, 0.1) is 6.92 Å². The summed E-state index contributed by atoms with van der Waals surface area (Å²) < 4.78 is 1.75. The van der Waals surface area contributed by atoms with Crippen molar-refractivity contribution in [2.45, 2.75) is 56.8 Å². The van der Waals surface area contributed by atoms with Crippen molar-refractivity contribution >= 4 is 40.6 Å². The highest BCUT2D eigenvalue weighted by Gasteiger charge is 2.30. The Morgan fingerprint density at radius 1 is 1.25 bits per heavy atom. The molecule has 1 aromatic carbocycles. The fourth-order valence-corrected chi connectivity index (χ4v) is 6.75. The van der Waals surface area contributed by atoms with E-state index < -0.39 is 0 Å². The van der Waals surface area contributed by atoms with Crippen molar-refractivity contribution in [1.82, 2.24) is 19.9 Å². The Morgan fingerprint density at radius 3 is 2.91 bits per heavy atom. The number of nitrogens with one attached hydrogen (secondary N) is 1. The zero-order chi connectivity index (χ0) is 22.2. The van der Waals surface area contributed by atoms with Gasteiger partial charge in [-0.15, -0.1) is 11.3 Å². The van der Waals surface area contributed by atoms with E-state index in [1.54, 1.807) is 16.3 Å². The summed E-state index contributed by atoms with van der Waals surface area (Å²) in [4.78, 5) is 36.1. The van der Waals surface area contributed by atoms with Gasteiger partial charge >= 0.3 is 0 Å². The number of carbonyl (C=O) groups excluding carboxylic acids is 1. The topological polar surface area (TPSA) is 76.9 Å². The summed E-state index contributed by atoms with van der Waals surface area (Å²) in [5.74, 6) is 0.634. The molecule has 1 aliphatic carbocycles. The number of aromatic nitrogens is 3. The summed E-state index contributed by atoms with van der Waals surface area (Å²) in [5.41, 5.74) is 3.64. The van der Waals surface area contributed by atoms with E-state index in [-0.39, 0.29) is 23.9 Å².